The van der Waals surface area contributed by atoms with Crippen LogP contribution in [0.1, 0.15) is 26.7 Å². The van der Waals surface area contributed by atoms with Gasteiger partial charge in [-0.15, -0.1) is 0 Å². The van der Waals surface area contributed by atoms with Gasteiger partial charge in [0.1, 0.15) is 0 Å². The van der Waals surface area contributed by atoms with Crippen molar-refractivity contribution in [1.29, 1.82) is 0 Å². The number of nitrogens with one attached hydrogen (secondary N) is 2. The predicted molar refractivity (Wildman–Crippen MR) is 67.1 cm³/mol. The topological polar surface area (TPSA) is 62.4 Å². The summed E-state index contributed by atoms with van der Waals surface area (Å²) in [4.78, 5) is 4.37. The molecule has 0 rings (SSSR count). The third-order valence-electron chi connectivity index (χ3n) is 1.91. The fraction of sp³-hybridized carbons (Fsp3) is 0.727. The molecule has 0 amide bonds. The number of allylic oxidation sites excluding steroid dienone is 1. The molecule has 0 aromatic heterocycles. The van der Waals surface area contributed by atoms with Gasteiger partial charge in [0.25, 0.3) is 0 Å². The van der Waals surface area contributed by atoms with Crippen LogP contribution in [0.15, 0.2) is 16.6 Å². The summed E-state index contributed by atoms with van der Waals surface area (Å²) in [5.41, 5.74) is 6.70. The van der Waals surface area contributed by atoms with E-state index in [2.05, 4.69) is 35.5 Å². The number of unbranched alkanes of at least 4 members (excludes halogenated alkanes) is 1. The lowest BCUT2D eigenvalue weighted by Crippen LogP contribution is -2.35. The Morgan fingerprint density at radius 3 is 2.60 bits per heavy atom. The van der Waals surface area contributed by atoms with Gasteiger partial charge in [-0.1, -0.05) is 11.6 Å². The van der Waals surface area contributed by atoms with Crippen molar-refractivity contribution in [3.63, 3.8) is 0 Å². The Balaban J connectivity index is 3.75. The van der Waals surface area contributed by atoms with Crippen molar-refractivity contribution < 1.29 is 0 Å². The highest BCUT2D eigenvalue weighted by Crippen LogP contribution is 1.88. The van der Waals surface area contributed by atoms with Gasteiger partial charge in [0.05, 0.1) is 6.54 Å². The minimum Gasteiger partial charge on any atom is -0.359 e. The number of hydrogen-bond donors (Lipinski definition) is 3. The quantitative estimate of drug-likeness (QED) is 0.265. The standard InChI is InChI=1S/C11H24N4/c1-10(2)6-9-15-11(13-3)14-8-5-4-7-12/h6H,4-5,7-9,12H2,1-3H3,(H2,13,14,15). The first-order chi connectivity index (χ1) is 7.20. The van der Waals surface area contributed by atoms with Crippen LogP contribution in [0.25, 0.3) is 0 Å². The van der Waals surface area contributed by atoms with Crippen LogP contribution in [-0.2, 0) is 0 Å². The molecule has 0 unspecified atom stereocenters. The number of rotatable bonds is 6. The summed E-state index contributed by atoms with van der Waals surface area (Å²) in [6.45, 7) is 6.55. The zero-order valence-electron chi connectivity index (χ0n) is 10.1. The highest BCUT2D eigenvalue weighted by Gasteiger charge is 1.92. The highest BCUT2D eigenvalue weighted by molar-refractivity contribution is 5.79. The molecule has 0 heterocycles. The lowest BCUT2D eigenvalue weighted by atomic mass is 10.3. The fourth-order valence-corrected chi connectivity index (χ4v) is 1.02. The molecule has 0 aliphatic heterocycles. The molecule has 4 N–H and O–H groups in total. The molecule has 0 bridgehead atoms. The maximum absolute atomic E-state index is 5.41. The van der Waals surface area contributed by atoms with Crippen LogP contribution in [0.4, 0.5) is 0 Å². The number of aliphatic imine (C=N–C) groups is 1. The number of guanidine groups is 1. The van der Waals surface area contributed by atoms with E-state index in [9.17, 15) is 0 Å². The molecule has 0 aliphatic rings. The molecule has 0 saturated heterocycles. The van der Waals surface area contributed by atoms with Gasteiger partial charge in [-0.3, -0.25) is 0 Å². The van der Waals surface area contributed by atoms with Crippen molar-refractivity contribution in [1.82, 2.24) is 10.6 Å². The zero-order chi connectivity index (χ0) is 11.5. The Bertz CT molecular complexity index is 205. The molecule has 0 radical (unpaired) electrons. The van der Waals surface area contributed by atoms with Crippen LogP contribution in [0.5, 0.6) is 0 Å². The van der Waals surface area contributed by atoms with Crippen LogP contribution in [0, 0.1) is 0 Å². The number of nitrogens with two attached hydrogens (primary N) is 1. The van der Waals surface area contributed by atoms with Gasteiger partial charge in [-0.05, 0) is 33.2 Å². The van der Waals surface area contributed by atoms with E-state index in [-0.39, 0.29) is 0 Å². The molecule has 4 nitrogen and oxygen atoms in total. The summed E-state index contributed by atoms with van der Waals surface area (Å²) in [5, 5.41) is 6.26. The highest BCUT2D eigenvalue weighted by atomic mass is 15.2. The molecule has 0 atom stereocenters. The first kappa shape index (κ1) is 14.0. The average molecular weight is 212 g/mol. The molecule has 0 spiro atoms. The minimum absolute atomic E-state index is 0.725. The van der Waals surface area contributed by atoms with Gasteiger partial charge < -0.3 is 16.4 Å². The van der Waals surface area contributed by atoms with Crippen molar-refractivity contribution in [2.45, 2.75) is 26.7 Å². The smallest absolute Gasteiger partial charge is 0.191 e. The second-order valence-corrected chi connectivity index (χ2v) is 3.64. The summed E-state index contributed by atoms with van der Waals surface area (Å²) in [6.07, 6.45) is 4.23. The molecular weight excluding hydrogens is 188 g/mol. The normalized spacial score (nSPS) is 11.1. The van der Waals surface area contributed by atoms with Crippen molar-refractivity contribution in [2.24, 2.45) is 10.7 Å². The van der Waals surface area contributed by atoms with E-state index >= 15 is 0 Å². The predicted octanol–water partition coefficient (Wildman–Crippen LogP) is 0.857. The van der Waals surface area contributed by atoms with Crippen molar-refractivity contribution >= 4 is 5.96 Å². The first-order valence-corrected chi connectivity index (χ1v) is 5.50. The molecule has 0 aliphatic carbocycles. The van der Waals surface area contributed by atoms with E-state index in [1.165, 1.54) is 5.57 Å². The summed E-state index contributed by atoms with van der Waals surface area (Å²) in [7, 11) is 1.87. The zero-order valence-corrected chi connectivity index (χ0v) is 10.1. The van der Waals surface area contributed by atoms with E-state index in [1.54, 1.807) is 0 Å². The Morgan fingerprint density at radius 2 is 2.07 bits per heavy atom. The monoisotopic (exact) mass is 212 g/mol. The Hall–Kier alpha value is -1.03. The van der Waals surface area contributed by atoms with E-state index < -0.39 is 0 Å². The van der Waals surface area contributed by atoms with E-state index in [4.69, 9.17) is 5.73 Å². The van der Waals surface area contributed by atoms with Crippen molar-refractivity contribution in [2.75, 3.05) is 26.7 Å². The van der Waals surface area contributed by atoms with Crippen LogP contribution >= 0.6 is 0 Å². The first-order valence-electron chi connectivity index (χ1n) is 5.50. The molecule has 0 aromatic rings. The SMILES string of the molecule is CNC(=NCC=C(C)C)NCCCCN. The summed E-state index contributed by atoms with van der Waals surface area (Å²) >= 11 is 0. The Morgan fingerprint density at radius 1 is 1.33 bits per heavy atom. The average Bonchev–Trinajstić information content (AvgIpc) is 2.21. The Labute approximate surface area is 93.0 Å². The molecule has 4 heteroatoms. The molecular formula is C11H24N4. The number of hydrogen-bond acceptors (Lipinski definition) is 2. The van der Waals surface area contributed by atoms with Crippen molar-refractivity contribution in [3.05, 3.63) is 11.6 Å². The third kappa shape index (κ3) is 9.28. The van der Waals surface area contributed by atoms with Crippen LogP contribution in [0.2, 0.25) is 0 Å². The summed E-state index contributed by atoms with van der Waals surface area (Å²) in [5.74, 6) is 0.851. The molecule has 0 fully saturated rings. The number of nitrogens with zero attached hydrogens (tertiary/aromatic N) is 1. The van der Waals surface area contributed by atoms with Gasteiger partial charge >= 0.3 is 0 Å². The van der Waals surface area contributed by atoms with Gasteiger partial charge in [-0.2, -0.15) is 0 Å². The second kappa shape index (κ2) is 9.52. The van der Waals surface area contributed by atoms with Crippen LogP contribution < -0.4 is 16.4 Å². The van der Waals surface area contributed by atoms with E-state index in [1.807, 2.05) is 7.05 Å². The van der Waals surface area contributed by atoms with E-state index in [0.29, 0.717) is 0 Å². The Kier molecular flexibility index (Phi) is 8.87. The minimum atomic E-state index is 0.725. The van der Waals surface area contributed by atoms with Gasteiger partial charge in [-0.25, -0.2) is 4.99 Å². The molecule has 15 heavy (non-hydrogen) atoms. The largest absolute Gasteiger partial charge is 0.359 e. The lowest BCUT2D eigenvalue weighted by molar-refractivity contribution is 0.708. The van der Waals surface area contributed by atoms with Gasteiger partial charge in [0.2, 0.25) is 0 Å². The van der Waals surface area contributed by atoms with E-state index in [0.717, 1.165) is 38.4 Å². The second-order valence-electron chi connectivity index (χ2n) is 3.64. The fourth-order valence-electron chi connectivity index (χ4n) is 1.02. The van der Waals surface area contributed by atoms with Gasteiger partial charge in [0, 0.05) is 13.6 Å². The maximum atomic E-state index is 5.41. The molecule has 88 valence electrons. The van der Waals surface area contributed by atoms with Crippen LogP contribution in [0.3, 0.4) is 0 Å². The van der Waals surface area contributed by atoms with Crippen molar-refractivity contribution in [3.8, 4) is 0 Å². The lowest BCUT2D eigenvalue weighted by Gasteiger charge is -2.08. The molecule has 0 saturated carbocycles. The van der Waals surface area contributed by atoms with Gasteiger partial charge in [0.15, 0.2) is 5.96 Å². The van der Waals surface area contributed by atoms with Crippen LogP contribution in [-0.4, -0.2) is 32.6 Å². The maximum Gasteiger partial charge on any atom is 0.191 e. The summed E-state index contributed by atoms with van der Waals surface area (Å²) in [6, 6.07) is 0. The summed E-state index contributed by atoms with van der Waals surface area (Å²) < 4.78 is 0. The molecule has 0 aromatic carbocycles. The third-order valence-corrected chi connectivity index (χ3v) is 1.91.